The summed E-state index contributed by atoms with van der Waals surface area (Å²) in [4.78, 5) is 28.9. The van der Waals surface area contributed by atoms with Crippen LogP contribution in [0.1, 0.15) is 30.9 Å². The second-order valence-corrected chi connectivity index (χ2v) is 6.68. The Morgan fingerprint density at radius 3 is 2.58 bits per heavy atom. The Bertz CT molecular complexity index is 581. The number of nitrogens with zero attached hydrogens (tertiary/aromatic N) is 2. The summed E-state index contributed by atoms with van der Waals surface area (Å²) in [5, 5.41) is 0. The van der Waals surface area contributed by atoms with Crippen LogP contribution in [0.5, 0.6) is 0 Å². The van der Waals surface area contributed by atoms with Gasteiger partial charge in [0.05, 0.1) is 12.0 Å². The predicted molar refractivity (Wildman–Crippen MR) is 95.7 cm³/mol. The average Bonchev–Trinajstić information content (AvgIpc) is 3.06. The van der Waals surface area contributed by atoms with Gasteiger partial charge in [0.15, 0.2) is 0 Å². The van der Waals surface area contributed by atoms with E-state index in [-0.39, 0.29) is 36.2 Å². The van der Waals surface area contributed by atoms with E-state index in [0.29, 0.717) is 25.3 Å². The van der Waals surface area contributed by atoms with Gasteiger partial charge in [0.1, 0.15) is 0 Å². The van der Waals surface area contributed by atoms with Gasteiger partial charge in [-0.25, -0.2) is 0 Å². The summed E-state index contributed by atoms with van der Waals surface area (Å²) >= 11 is 0. The largest absolute Gasteiger partial charge is 0.342 e. The van der Waals surface area contributed by atoms with E-state index in [2.05, 4.69) is 0 Å². The SMILES string of the molecule is CN1C(=O)CCC(C(=O)N2CCC(CN)C2)C1c1ccccc1.Cl. The van der Waals surface area contributed by atoms with Crippen molar-refractivity contribution in [2.24, 2.45) is 17.6 Å². The summed E-state index contributed by atoms with van der Waals surface area (Å²) in [6, 6.07) is 9.73. The summed E-state index contributed by atoms with van der Waals surface area (Å²) in [5.41, 5.74) is 6.78. The van der Waals surface area contributed by atoms with E-state index in [1.165, 1.54) is 0 Å². The molecule has 132 valence electrons. The van der Waals surface area contributed by atoms with Crippen LogP contribution in [-0.2, 0) is 9.59 Å². The van der Waals surface area contributed by atoms with Crippen LogP contribution in [0.3, 0.4) is 0 Å². The molecule has 6 heteroatoms. The molecule has 2 amide bonds. The van der Waals surface area contributed by atoms with Crippen molar-refractivity contribution in [1.82, 2.24) is 9.80 Å². The van der Waals surface area contributed by atoms with Crippen LogP contribution in [0.2, 0.25) is 0 Å². The first kappa shape index (κ1) is 18.7. The molecule has 0 aromatic heterocycles. The molecule has 0 spiro atoms. The van der Waals surface area contributed by atoms with Crippen molar-refractivity contribution in [3.63, 3.8) is 0 Å². The van der Waals surface area contributed by atoms with Gasteiger partial charge in [-0.05, 0) is 30.9 Å². The molecule has 2 aliphatic rings. The van der Waals surface area contributed by atoms with Gasteiger partial charge in [0.2, 0.25) is 11.8 Å². The Morgan fingerprint density at radius 1 is 1.25 bits per heavy atom. The molecule has 3 rings (SSSR count). The molecule has 5 nitrogen and oxygen atoms in total. The molecule has 2 N–H and O–H groups in total. The maximum atomic E-state index is 13.0. The summed E-state index contributed by atoms with van der Waals surface area (Å²) < 4.78 is 0. The van der Waals surface area contributed by atoms with Gasteiger partial charge >= 0.3 is 0 Å². The van der Waals surface area contributed by atoms with Crippen molar-refractivity contribution in [2.45, 2.75) is 25.3 Å². The van der Waals surface area contributed by atoms with Crippen molar-refractivity contribution in [1.29, 1.82) is 0 Å². The number of nitrogens with two attached hydrogens (primary N) is 1. The smallest absolute Gasteiger partial charge is 0.228 e. The quantitative estimate of drug-likeness (QED) is 0.903. The summed E-state index contributed by atoms with van der Waals surface area (Å²) in [7, 11) is 1.81. The highest BCUT2D eigenvalue weighted by Crippen LogP contribution is 2.37. The monoisotopic (exact) mass is 351 g/mol. The first-order valence-electron chi connectivity index (χ1n) is 8.41. The highest BCUT2D eigenvalue weighted by Gasteiger charge is 2.41. The molecule has 2 fully saturated rings. The minimum absolute atomic E-state index is 0. The molecule has 2 saturated heterocycles. The van der Waals surface area contributed by atoms with Crippen molar-refractivity contribution < 1.29 is 9.59 Å². The highest BCUT2D eigenvalue weighted by molar-refractivity contribution is 5.85. The summed E-state index contributed by atoms with van der Waals surface area (Å²) in [6.07, 6.45) is 2.06. The first-order chi connectivity index (χ1) is 11.1. The molecule has 2 aliphatic heterocycles. The van der Waals surface area contributed by atoms with E-state index < -0.39 is 0 Å². The lowest BCUT2D eigenvalue weighted by Gasteiger charge is -2.40. The van der Waals surface area contributed by atoms with Crippen LogP contribution in [0.15, 0.2) is 30.3 Å². The Kier molecular flexibility index (Phi) is 6.24. The lowest BCUT2D eigenvalue weighted by Crippen LogP contribution is -2.47. The van der Waals surface area contributed by atoms with Gasteiger partial charge in [-0.2, -0.15) is 0 Å². The van der Waals surface area contributed by atoms with Crippen molar-refractivity contribution in [3.8, 4) is 0 Å². The van der Waals surface area contributed by atoms with Gasteiger partial charge in [-0.15, -0.1) is 12.4 Å². The summed E-state index contributed by atoms with van der Waals surface area (Å²) in [5.74, 6) is 0.548. The molecular formula is C18H26ClN3O2. The molecule has 0 saturated carbocycles. The fraction of sp³-hybridized carbons (Fsp3) is 0.556. The molecule has 0 radical (unpaired) electrons. The van der Waals surface area contributed by atoms with Gasteiger partial charge in [-0.1, -0.05) is 30.3 Å². The third-order valence-corrected chi connectivity index (χ3v) is 5.25. The van der Waals surface area contributed by atoms with Gasteiger partial charge in [0.25, 0.3) is 0 Å². The molecule has 3 unspecified atom stereocenters. The van der Waals surface area contributed by atoms with Crippen molar-refractivity contribution >= 4 is 24.2 Å². The lowest BCUT2D eigenvalue weighted by atomic mass is 9.83. The van der Waals surface area contributed by atoms with E-state index in [1.54, 1.807) is 4.90 Å². The maximum absolute atomic E-state index is 13.0. The number of carbonyl (C=O) groups is 2. The van der Waals surface area contributed by atoms with Crippen LogP contribution in [0.4, 0.5) is 0 Å². The summed E-state index contributed by atoms with van der Waals surface area (Å²) in [6.45, 7) is 2.18. The van der Waals surface area contributed by atoms with Crippen LogP contribution in [-0.4, -0.2) is 48.3 Å². The van der Waals surface area contributed by atoms with E-state index in [9.17, 15) is 9.59 Å². The fourth-order valence-electron chi connectivity index (χ4n) is 3.86. The van der Waals surface area contributed by atoms with E-state index in [0.717, 1.165) is 25.1 Å². The molecule has 2 heterocycles. The van der Waals surface area contributed by atoms with E-state index in [1.807, 2.05) is 42.3 Å². The molecule has 3 atom stereocenters. The van der Waals surface area contributed by atoms with E-state index >= 15 is 0 Å². The minimum atomic E-state index is -0.165. The van der Waals surface area contributed by atoms with Crippen LogP contribution >= 0.6 is 12.4 Å². The highest BCUT2D eigenvalue weighted by atomic mass is 35.5. The molecule has 1 aromatic carbocycles. The van der Waals surface area contributed by atoms with Crippen LogP contribution in [0.25, 0.3) is 0 Å². The van der Waals surface area contributed by atoms with E-state index in [4.69, 9.17) is 5.73 Å². The molecule has 1 aromatic rings. The number of halogens is 1. The zero-order valence-electron chi connectivity index (χ0n) is 14.1. The lowest BCUT2D eigenvalue weighted by molar-refractivity contribution is -0.146. The predicted octanol–water partition coefficient (Wildman–Crippen LogP) is 1.83. The number of hydrogen-bond donors (Lipinski definition) is 1. The van der Waals surface area contributed by atoms with Gasteiger partial charge in [0, 0.05) is 26.6 Å². The van der Waals surface area contributed by atoms with Crippen LogP contribution < -0.4 is 5.73 Å². The fourth-order valence-corrected chi connectivity index (χ4v) is 3.86. The molecule has 0 bridgehead atoms. The standard InChI is InChI=1S/C18H25N3O2.ClH/c1-20-16(22)8-7-15(17(20)14-5-3-2-4-6-14)18(23)21-10-9-13(11-19)12-21;/h2-6,13,15,17H,7-12,19H2,1H3;1H. The Morgan fingerprint density at radius 2 is 1.96 bits per heavy atom. The van der Waals surface area contributed by atoms with Crippen molar-refractivity contribution in [2.75, 3.05) is 26.7 Å². The third-order valence-electron chi connectivity index (χ3n) is 5.25. The number of rotatable bonds is 3. The number of piperidine rings is 1. The second-order valence-electron chi connectivity index (χ2n) is 6.68. The van der Waals surface area contributed by atoms with Gasteiger partial charge < -0.3 is 15.5 Å². The molecular weight excluding hydrogens is 326 g/mol. The topological polar surface area (TPSA) is 66.6 Å². The first-order valence-corrected chi connectivity index (χ1v) is 8.41. The maximum Gasteiger partial charge on any atom is 0.228 e. The molecule has 0 aliphatic carbocycles. The number of likely N-dealkylation sites (tertiary alicyclic amines) is 2. The van der Waals surface area contributed by atoms with Crippen LogP contribution in [0, 0.1) is 11.8 Å². The number of benzene rings is 1. The Hall–Kier alpha value is -1.59. The van der Waals surface area contributed by atoms with Crippen molar-refractivity contribution in [3.05, 3.63) is 35.9 Å². The number of hydrogen-bond acceptors (Lipinski definition) is 3. The van der Waals surface area contributed by atoms with Gasteiger partial charge in [-0.3, -0.25) is 9.59 Å². The average molecular weight is 352 g/mol. The zero-order chi connectivity index (χ0) is 16.4. The number of carbonyl (C=O) groups excluding carboxylic acids is 2. The number of amides is 2. The zero-order valence-corrected chi connectivity index (χ0v) is 14.9. The Labute approximate surface area is 149 Å². The second kappa shape index (κ2) is 7.99. The minimum Gasteiger partial charge on any atom is -0.342 e. The third kappa shape index (κ3) is 3.57. The Balaban J connectivity index is 0.00000208. The molecule has 24 heavy (non-hydrogen) atoms. The normalized spacial score (nSPS) is 27.1.